The van der Waals surface area contributed by atoms with Crippen LogP contribution in [0.4, 0.5) is 0 Å². The largest absolute Gasteiger partial charge is 0.469 e. The van der Waals surface area contributed by atoms with Crippen molar-refractivity contribution in [1.29, 1.82) is 0 Å². The Labute approximate surface area is 171 Å². The standard InChI is InChI=1S/C18H23N2O9P/c1-11-2-4-12(5-3-11)6-8-19-14(21)7-9-20(18(19)24)17-16(23)15(22)13(29-17)10-28-30(25,26)27/h2-5,7,9,13,15-17,22-23H,6,8,10H2,1H3,(H2,25,26,27)/t13-,15+,16+,17-/m1/s1. The lowest BCUT2D eigenvalue weighted by molar-refractivity contribution is -0.0548. The van der Waals surface area contributed by atoms with E-state index in [1.165, 1.54) is 0 Å². The average Bonchev–Trinajstić information content (AvgIpc) is 2.95. The van der Waals surface area contributed by atoms with E-state index in [1.54, 1.807) is 0 Å². The molecule has 0 radical (unpaired) electrons. The first kappa shape index (κ1) is 22.6. The molecule has 1 saturated heterocycles. The van der Waals surface area contributed by atoms with Crippen LogP contribution in [0.5, 0.6) is 0 Å². The lowest BCUT2D eigenvalue weighted by atomic mass is 10.1. The van der Waals surface area contributed by atoms with Crippen LogP contribution in [0.1, 0.15) is 17.4 Å². The van der Waals surface area contributed by atoms with Gasteiger partial charge >= 0.3 is 13.5 Å². The first-order valence-electron chi connectivity index (χ1n) is 9.16. The van der Waals surface area contributed by atoms with Crippen LogP contribution >= 0.6 is 7.82 Å². The van der Waals surface area contributed by atoms with Gasteiger partial charge in [-0.15, -0.1) is 0 Å². The fraction of sp³-hybridized carbons (Fsp3) is 0.444. The zero-order chi connectivity index (χ0) is 22.1. The van der Waals surface area contributed by atoms with Crippen LogP contribution in [0.2, 0.25) is 0 Å². The molecule has 1 aromatic carbocycles. The molecule has 2 aromatic rings. The van der Waals surface area contributed by atoms with E-state index in [0.717, 1.165) is 32.5 Å². The zero-order valence-corrected chi connectivity index (χ0v) is 17.0. The van der Waals surface area contributed by atoms with Gasteiger partial charge < -0.3 is 24.7 Å². The number of aromatic nitrogens is 2. The Hall–Kier alpha value is -2.11. The number of ether oxygens (including phenoxy) is 1. The lowest BCUT2D eigenvalue weighted by Crippen LogP contribution is -2.43. The third-order valence-corrected chi connectivity index (χ3v) is 5.34. The van der Waals surface area contributed by atoms with Gasteiger partial charge in [0.05, 0.1) is 6.61 Å². The van der Waals surface area contributed by atoms with E-state index >= 15 is 0 Å². The minimum atomic E-state index is -4.81. The maximum absolute atomic E-state index is 12.8. The van der Waals surface area contributed by atoms with Crippen molar-refractivity contribution < 1.29 is 33.8 Å². The highest BCUT2D eigenvalue weighted by Crippen LogP contribution is 2.38. The van der Waals surface area contributed by atoms with Crippen LogP contribution in [-0.2, 0) is 26.8 Å². The molecule has 0 spiro atoms. The third-order valence-electron chi connectivity index (χ3n) is 4.86. The predicted octanol–water partition coefficient (Wildman–Crippen LogP) is -0.710. The molecule has 12 heteroatoms. The molecule has 11 nitrogen and oxygen atoms in total. The van der Waals surface area contributed by atoms with Gasteiger partial charge in [0.25, 0.3) is 5.56 Å². The second-order valence-corrected chi connectivity index (χ2v) is 8.30. The van der Waals surface area contributed by atoms with Gasteiger partial charge in [0.2, 0.25) is 0 Å². The number of rotatable bonds is 7. The monoisotopic (exact) mass is 442 g/mol. The predicted molar refractivity (Wildman–Crippen MR) is 104 cm³/mol. The molecule has 0 unspecified atom stereocenters. The summed E-state index contributed by atoms with van der Waals surface area (Å²) < 4.78 is 22.5. The SMILES string of the molecule is Cc1ccc(CCn2c(=O)ccn([C@@H]3O[C@H](COP(=O)(O)O)[C@H](O)[C@@H]3O)c2=O)cc1. The van der Waals surface area contributed by atoms with E-state index in [2.05, 4.69) is 4.52 Å². The highest BCUT2D eigenvalue weighted by molar-refractivity contribution is 7.46. The van der Waals surface area contributed by atoms with Gasteiger partial charge in [-0.2, -0.15) is 0 Å². The molecular formula is C18H23N2O9P. The van der Waals surface area contributed by atoms with Crippen molar-refractivity contribution in [1.82, 2.24) is 9.13 Å². The summed E-state index contributed by atoms with van der Waals surface area (Å²) in [6.45, 7) is 1.35. The van der Waals surface area contributed by atoms with Gasteiger partial charge in [-0.05, 0) is 18.9 Å². The van der Waals surface area contributed by atoms with Gasteiger partial charge in [-0.3, -0.25) is 18.5 Å². The molecule has 4 atom stereocenters. The minimum Gasteiger partial charge on any atom is -0.387 e. The molecule has 1 aliphatic heterocycles. The Morgan fingerprint density at radius 1 is 1.10 bits per heavy atom. The quantitative estimate of drug-likeness (QED) is 0.406. The fourth-order valence-electron chi connectivity index (χ4n) is 3.19. The van der Waals surface area contributed by atoms with Gasteiger partial charge in [0.1, 0.15) is 18.3 Å². The third kappa shape index (κ3) is 5.13. The molecule has 2 heterocycles. The van der Waals surface area contributed by atoms with Crippen molar-refractivity contribution in [2.75, 3.05) is 6.61 Å². The maximum Gasteiger partial charge on any atom is 0.469 e. The lowest BCUT2D eigenvalue weighted by Gasteiger charge is -2.18. The van der Waals surface area contributed by atoms with Crippen LogP contribution < -0.4 is 11.2 Å². The van der Waals surface area contributed by atoms with E-state index in [-0.39, 0.29) is 6.54 Å². The molecule has 164 valence electrons. The first-order chi connectivity index (χ1) is 14.1. The molecule has 30 heavy (non-hydrogen) atoms. The number of aryl methyl sites for hydroxylation is 2. The van der Waals surface area contributed by atoms with Crippen molar-refractivity contribution in [3.63, 3.8) is 0 Å². The summed E-state index contributed by atoms with van der Waals surface area (Å²) in [4.78, 5) is 42.6. The molecule has 1 aromatic heterocycles. The summed E-state index contributed by atoms with van der Waals surface area (Å²) in [6.07, 6.45) is -4.20. The molecule has 1 aliphatic rings. The van der Waals surface area contributed by atoms with Gasteiger partial charge in [0.15, 0.2) is 6.23 Å². The number of aliphatic hydroxyl groups excluding tert-OH is 2. The second-order valence-electron chi connectivity index (χ2n) is 7.06. The molecule has 4 N–H and O–H groups in total. The second kappa shape index (κ2) is 8.94. The average molecular weight is 442 g/mol. The Bertz CT molecular complexity index is 1040. The van der Waals surface area contributed by atoms with E-state index in [4.69, 9.17) is 14.5 Å². The van der Waals surface area contributed by atoms with Crippen LogP contribution in [0.3, 0.4) is 0 Å². The van der Waals surface area contributed by atoms with Gasteiger partial charge in [-0.1, -0.05) is 29.8 Å². The molecule has 3 rings (SSSR count). The molecule has 0 saturated carbocycles. The number of nitrogens with zero attached hydrogens (tertiary/aromatic N) is 2. The Morgan fingerprint density at radius 3 is 2.40 bits per heavy atom. The van der Waals surface area contributed by atoms with E-state index in [1.807, 2.05) is 31.2 Å². The van der Waals surface area contributed by atoms with Crippen molar-refractivity contribution >= 4 is 7.82 Å². The van der Waals surface area contributed by atoms with Crippen LogP contribution in [0, 0.1) is 6.92 Å². The molecular weight excluding hydrogens is 419 g/mol. The summed E-state index contributed by atoms with van der Waals surface area (Å²) in [5, 5.41) is 20.3. The normalized spacial score (nSPS) is 24.3. The summed E-state index contributed by atoms with van der Waals surface area (Å²) in [5.41, 5.74) is 0.742. The highest BCUT2D eigenvalue weighted by Gasteiger charge is 2.45. The summed E-state index contributed by atoms with van der Waals surface area (Å²) in [7, 11) is -4.81. The summed E-state index contributed by atoms with van der Waals surface area (Å²) in [6, 6.07) is 8.77. The molecule has 1 fully saturated rings. The number of phosphoric ester groups is 1. The zero-order valence-electron chi connectivity index (χ0n) is 16.1. The van der Waals surface area contributed by atoms with Crippen molar-refractivity contribution in [3.8, 4) is 0 Å². The smallest absolute Gasteiger partial charge is 0.387 e. The topological polar surface area (TPSA) is 160 Å². The number of benzene rings is 1. The highest BCUT2D eigenvalue weighted by atomic mass is 31.2. The molecule has 0 amide bonds. The minimum absolute atomic E-state index is 0.0949. The summed E-state index contributed by atoms with van der Waals surface area (Å²) in [5.74, 6) is 0. The van der Waals surface area contributed by atoms with Crippen molar-refractivity contribution in [2.24, 2.45) is 0 Å². The van der Waals surface area contributed by atoms with Gasteiger partial charge in [-0.25, -0.2) is 9.36 Å². The number of phosphoric acid groups is 1. The number of hydrogen-bond donors (Lipinski definition) is 4. The van der Waals surface area contributed by atoms with Crippen molar-refractivity contribution in [2.45, 2.75) is 44.4 Å². The van der Waals surface area contributed by atoms with E-state index in [9.17, 15) is 24.4 Å². The van der Waals surface area contributed by atoms with Gasteiger partial charge in [0, 0.05) is 18.8 Å². The maximum atomic E-state index is 12.8. The van der Waals surface area contributed by atoms with Crippen LogP contribution in [0.15, 0.2) is 46.1 Å². The van der Waals surface area contributed by atoms with E-state index < -0.39 is 50.2 Å². The van der Waals surface area contributed by atoms with Crippen molar-refractivity contribution in [3.05, 3.63) is 68.5 Å². The van der Waals surface area contributed by atoms with Crippen LogP contribution in [-0.4, -0.2) is 54.1 Å². The fourth-order valence-corrected chi connectivity index (χ4v) is 3.53. The Morgan fingerprint density at radius 2 is 1.77 bits per heavy atom. The summed E-state index contributed by atoms with van der Waals surface area (Å²) >= 11 is 0. The molecule has 0 aliphatic carbocycles. The van der Waals surface area contributed by atoms with E-state index in [0.29, 0.717) is 6.42 Å². The first-order valence-corrected chi connectivity index (χ1v) is 10.7. The number of aliphatic hydroxyl groups is 2. The van der Waals surface area contributed by atoms with Crippen LogP contribution in [0.25, 0.3) is 0 Å². The molecule has 0 bridgehead atoms. The Kier molecular flexibility index (Phi) is 6.73. The Balaban J connectivity index is 1.80. The number of hydrogen-bond acceptors (Lipinski definition) is 7.